The van der Waals surface area contributed by atoms with Crippen LogP contribution in [0.1, 0.15) is 23.8 Å². The number of nitrogens with two attached hydrogens (primary N) is 1. The van der Waals surface area contributed by atoms with E-state index in [1.165, 1.54) is 0 Å². The number of hydrogen-bond acceptors (Lipinski definition) is 5. The predicted molar refractivity (Wildman–Crippen MR) is 76.1 cm³/mol. The molecule has 1 aliphatic rings. The standard InChI is InChI=1S/C13H17N3O3S/c1-8-3-4-11(19-8)12-9(2)13(14)16(15-12)10-5-6-20(17,18)7-10/h3-4,10H,5-7,14H2,1-2H3. The lowest BCUT2D eigenvalue weighted by molar-refractivity contribution is 0.502. The molecular formula is C13H17N3O3S. The minimum absolute atomic E-state index is 0.106. The van der Waals surface area contributed by atoms with E-state index < -0.39 is 9.84 Å². The highest BCUT2D eigenvalue weighted by molar-refractivity contribution is 7.91. The molecular weight excluding hydrogens is 278 g/mol. The van der Waals surface area contributed by atoms with Crippen LogP contribution in [-0.2, 0) is 9.84 Å². The smallest absolute Gasteiger partial charge is 0.154 e. The van der Waals surface area contributed by atoms with Crippen molar-refractivity contribution >= 4 is 15.7 Å². The van der Waals surface area contributed by atoms with Gasteiger partial charge >= 0.3 is 0 Å². The predicted octanol–water partition coefficient (Wildman–Crippen LogP) is 1.70. The minimum atomic E-state index is -2.96. The average molecular weight is 295 g/mol. The van der Waals surface area contributed by atoms with Crippen molar-refractivity contribution in [3.05, 3.63) is 23.5 Å². The second-order valence-corrected chi connectivity index (χ2v) is 7.50. The van der Waals surface area contributed by atoms with Gasteiger partial charge in [-0.15, -0.1) is 0 Å². The molecule has 1 atom stereocenters. The maximum atomic E-state index is 11.6. The van der Waals surface area contributed by atoms with Crippen molar-refractivity contribution < 1.29 is 12.8 Å². The Morgan fingerprint density at radius 1 is 1.40 bits per heavy atom. The van der Waals surface area contributed by atoms with E-state index in [9.17, 15) is 8.42 Å². The van der Waals surface area contributed by atoms with Crippen LogP contribution in [0.3, 0.4) is 0 Å². The summed E-state index contributed by atoms with van der Waals surface area (Å²) in [6.45, 7) is 3.73. The van der Waals surface area contributed by atoms with Gasteiger partial charge in [-0.25, -0.2) is 13.1 Å². The van der Waals surface area contributed by atoms with Gasteiger partial charge in [0.1, 0.15) is 17.3 Å². The van der Waals surface area contributed by atoms with E-state index in [0.29, 0.717) is 23.7 Å². The van der Waals surface area contributed by atoms with Gasteiger partial charge in [-0.2, -0.15) is 5.10 Å². The third-order valence-corrected chi connectivity index (χ3v) is 5.47. The summed E-state index contributed by atoms with van der Waals surface area (Å²) in [5, 5.41) is 4.47. The second-order valence-electron chi connectivity index (χ2n) is 5.27. The lowest BCUT2D eigenvalue weighted by Crippen LogP contribution is -2.14. The highest BCUT2D eigenvalue weighted by Gasteiger charge is 2.32. The molecule has 0 saturated carbocycles. The quantitative estimate of drug-likeness (QED) is 0.910. The molecule has 0 aromatic carbocycles. The number of aryl methyl sites for hydroxylation is 1. The van der Waals surface area contributed by atoms with Crippen LogP contribution >= 0.6 is 0 Å². The van der Waals surface area contributed by atoms with Crippen LogP contribution in [-0.4, -0.2) is 29.7 Å². The van der Waals surface area contributed by atoms with Gasteiger partial charge in [-0.3, -0.25) is 0 Å². The maximum absolute atomic E-state index is 11.6. The van der Waals surface area contributed by atoms with Crippen molar-refractivity contribution in [1.82, 2.24) is 9.78 Å². The topological polar surface area (TPSA) is 91.1 Å². The molecule has 7 heteroatoms. The van der Waals surface area contributed by atoms with E-state index in [4.69, 9.17) is 10.2 Å². The Morgan fingerprint density at radius 3 is 2.70 bits per heavy atom. The molecule has 20 heavy (non-hydrogen) atoms. The van der Waals surface area contributed by atoms with E-state index in [2.05, 4.69) is 5.10 Å². The maximum Gasteiger partial charge on any atom is 0.154 e. The van der Waals surface area contributed by atoms with E-state index in [1.54, 1.807) is 4.68 Å². The lowest BCUT2D eigenvalue weighted by Gasteiger charge is -2.10. The Hall–Kier alpha value is -1.76. The van der Waals surface area contributed by atoms with E-state index >= 15 is 0 Å². The molecule has 1 fully saturated rings. The van der Waals surface area contributed by atoms with Crippen LogP contribution in [0.4, 0.5) is 5.82 Å². The van der Waals surface area contributed by atoms with Gasteiger partial charge in [0.25, 0.3) is 0 Å². The fourth-order valence-corrected chi connectivity index (χ4v) is 4.26. The molecule has 0 amide bonds. The molecule has 0 bridgehead atoms. The van der Waals surface area contributed by atoms with Crippen molar-refractivity contribution in [3.63, 3.8) is 0 Å². The van der Waals surface area contributed by atoms with Crippen molar-refractivity contribution in [2.45, 2.75) is 26.3 Å². The number of furan rings is 1. The molecule has 2 aromatic heterocycles. The largest absolute Gasteiger partial charge is 0.460 e. The highest BCUT2D eigenvalue weighted by atomic mass is 32.2. The lowest BCUT2D eigenvalue weighted by atomic mass is 10.2. The molecule has 1 saturated heterocycles. The molecule has 1 aliphatic heterocycles. The summed E-state index contributed by atoms with van der Waals surface area (Å²) in [6.07, 6.45) is 0.560. The van der Waals surface area contributed by atoms with Gasteiger partial charge in [0.05, 0.1) is 17.5 Å². The van der Waals surface area contributed by atoms with Crippen LogP contribution in [0.25, 0.3) is 11.5 Å². The highest BCUT2D eigenvalue weighted by Crippen LogP contribution is 2.32. The van der Waals surface area contributed by atoms with Crippen LogP contribution in [0, 0.1) is 13.8 Å². The summed E-state index contributed by atoms with van der Waals surface area (Å²) >= 11 is 0. The summed E-state index contributed by atoms with van der Waals surface area (Å²) in [7, 11) is -2.96. The van der Waals surface area contributed by atoms with Gasteiger partial charge in [-0.05, 0) is 32.4 Å². The van der Waals surface area contributed by atoms with E-state index in [0.717, 1.165) is 11.3 Å². The summed E-state index contributed by atoms with van der Waals surface area (Å²) in [5.74, 6) is 2.28. The molecule has 2 N–H and O–H groups in total. The number of aromatic nitrogens is 2. The Morgan fingerprint density at radius 2 is 2.15 bits per heavy atom. The SMILES string of the molecule is Cc1ccc(-c2nn(C3CCS(=O)(=O)C3)c(N)c2C)o1. The Kier molecular flexibility index (Phi) is 2.89. The first-order valence-corrected chi connectivity index (χ1v) is 8.31. The normalized spacial score (nSPS) is 21.4. The number of nitrogens with zero attached hydrogens (tertiary/aromatic N) is 2. The summed E-state index contributed by atoms with van der Waals surface area (Å²) in [5.41, 5.74) is 7.58. The molecule has 0 spiro atoms. The van der Waals surface area contributed by atoms with Crippen LogP contribution in [0.5, 0.6) is 0 Å². The van der Waals surface area contributed by atoms with Gasteiger partial charge < -0.3 is 10.2 Å². The first kappa shape index (κ1) is 13.2. The minimum Gasteiger partial charge on any atom is -0.460 e. The molecule has 6 nitrogen and oxygen atoms in total. The molecule has 108 valence electrons. The molecule has 1 unspecified atom stereocenters. The fraction of sp³-hybridized carbons (Fsp3) is 0.462. The zero-order chi connectivity index (χ0) is 14.5. The zero-order valence-electron chi connectivity index (χ0n) is 11.5. The van der Waals surface area contributed by atoms with Crippen LogP contribution in [0.2, 0.25) is 0 Å². The number of nitrogen functional groups attached to an aromatic ring is 1. The van der Waals surface area contributed by atoms with Gasteiger partial charge in [0.2, 0.25) is 0 Å². The molecule has 0 aliphatic carbocycles. The third-order valence-electron chi connectivity index (χ3n) is 3.72. The zero-order valence-corrected chi connectivity index (χ0v) is 12.3. The Bertz CT molecular complexity index is 758. The number of rotatable bonds is 2. The molecule has 3 rings (SSSR count). The Labute approximate surface area is 117 Å². The third kappa shape index (κ3) is 2.11. The molecule has 0 radical (unpaired) electrons. The number of sulfone groups is 1. The Balaban J connectivity index is 2.02. The fourth-order valence-electron chi connectivity index (χ4n) is 2.57. The second kappa shape index (κ2) is 4.37. The monoisotopic (exact) mass is 295 g/mol. The van der Waals surface area contributed by atoms with Crippen molar-refractivity contribution in [2.75, 3.05) is 17.2 Å². The van der Waals surface area contributed by atoms with Crippen molar-refractivity contribution in [2.24, 2.45) is 0 Å². The van der Waals surface area contributed by atoms with E-state index in [-0.39, 0.29) is 17.5 Å². The number of anilines is 1. The number of hydrogen-bond donors (Lipinski definition) is 1. The summed E-state index contributed by atoms with van der Waals surface area (Å²) in [4.78, 5) is 0. The first-order chi connectivity index (χ1) is 9.37. The van der Waals surface area contributed by atoms with Crippen LogP contribution in [0.15, 0.2) is 16.5 Å². The molecule has 2 aromatic rings. The van der Waals surface area contributed by atoms with Gasteiger partial charge in [-0.1, -0.05) is 0 Å². The summed E-state index contributed by atoms with van der Waals surface area (Å²) < 4.78 is 30.4. The van der Waals surface area contributed by atoms with Gasteiger partial charge in [0, 0.05) is 5.56 Å². The van der Waals surface area contributed by atoms with Crippen LogP contribution < -0.4 is 5.73 Å². The van der Waals surface area contributed by atoms with E-state index in [1.807, 2.05) is 26.0 Å². The molecule has 3 heterocycles. The van der Waals surface area contributed by atoms with Crippen molar-refractivity contribution in [1.29, 1.82) is 0 Å². The average Bonchev–Trinajstić information content (AvgIpc) is 3.01. The summed E-state index contributed by atoms with van der Waals surface area (Å²) in [6, 6.07) is 3.53. The van der Waals surface area contributed by atoms with Crippen molar-refractivity contribution in [3.8, 4) is 11.5 Å². The first-order valence-electron chi connectivity index (χ1n) is 6.49. The van der Waals surface area contributed by atoms with Gasteiger partial charge in [0.15, 0.2) is 15.6 Å².